The predicted molar refractivity (Wildman–Crippen MR) is 130 cm³/mol. The average Bonchev–Trinajstić information content (AvgIpc) is 3.22. The van der Waals surface area contributed by atoms with Crippen molar-refractivity contribution in [1.29, 1.82) is 0 Å². The van der Waals surface area contributed by atoms with Crippen molar-refractivity contribution in [1.82, 2.24) is 14.5 Å². The van der Waals surface area contributed by atoms with Crippen molar-refractivity contribution < 1.29 is 27.8 Å². The van der Waals surface area contributed by atoms with Crippen molar-refractivity contribution in [3.05, 3.63) is 30.1 Å². The number of ether oxygens (including phenoxy) is 2. The molecule has 1 aromatic heterocycles. The topological polar surface area (TPSA) is 123 Å². The lowest BCUT2D eigenvalue weighted by Gasteiger charge is -2.35. The summed E-state index contributed by atoms with van der Waals surface area (Å²) in [6.07, 6.45) is 4.49. The molecule has 1 aliphatic heterocycles. The molecule has 1 amide bonds. The monoisotopic (exact) mass is 494 g/mol. The van der Waals surface area contributed by atoms with E-state index < -0.39 is 21.7 Å². The van der Waals surface area contributed by atoms with Crippen LogP contribution < -0.4 is 14.4 Å². The molecule has 0 aliphatic carbocycles. The lowest BCUT2D eigenvalue weighted by Crippen LogP contribution is -2.42. The van der Waals surface area contributed by atoms with Crippen molar-refractivity contribution >= 4 is 21.8 Å². The third-order valence-electron chi connectivity index (χ3n) is 5.66. The summed E-state index contributed by atoms with van der Waals surface area (Å²) in [6, 6.07) is 3.70. The number of fused-ring (bicyclic) bond motifs is 1. The molecule has 2 heterocycles. The molecule has 0 unspecified atom stereocenters. The van der Waals surface area contributed by atoms with E-state index in [0.29, 0.717) is 24.4 Å². The zero-order chi connectivity index (χ0) is 25.1. The number of carbonyl (C=O) groups is 1. The summed E-state index contributed by atoms with van der Waals surface area (Å²) in [4.78, 5) is 14.1. The largest absolute Gasteiger partial charge is 0.491 e. The van der Waals surface area contributed by atoms with E-state index in [4.69, 9.17) is 9.47 Å². The highest BCUT2D eigenvalue weighted by molar-refractivity contribution is 7.89. The van der Waals surface area contributed by atoms with Crippen LogP contribution in [0, 0.1) is 0 Å². The number of rotatable bonds is 9. The van der Waals surface area contributed by atoms with Crippen LogP contribution in [0.1, 0.15) is 39.7 Å². The van der Waals surface area contributed by atoms with Crippen molar-refractivity contribution in [2.45, 2.75) is 58.7 Å². The second-order valence-corrected chi connectivity index (χ2v) is 11.1. The minimum Gasteiger partial charge on any atom is -0.491 e. The maximum Gasteiger partial charge on any atom is 0.414 e. The molecule has 0 saturated carbocycles. The van der Waals surface area contributed by atoms with Crippen LogP contribution in [0.4, 0.5) is 10.5 Å². The molecule has 11 heteroatoms. The van der Waals surface area contributed by atoms with E-state index in [0.717, 1.165) is 23.1 Å². The van der Waals surface area contributed by atoms with Gasteiger partial charge in [-0.2, -0.15) is 5.10 Å². The first-order valence-corrected chi connectivity index (χ1v) is 13.0. The van der Waals surface area contributed by atoms with Gasteiger partial charge in [0.2, 0.25) is 10.0 Å². The molecule has 0 bridgehead atoms. The fourth-order valence-corrected chi connectivity index (χ4v) is 4.61. The molecule has 10 nitrogen and oxygen atoms in total. The van der Waals surface area contributed by atoms with Gasteiger partial charge in [-0.3, -0.25) is 9.58 Å². The first kappa shape index (κ1) is 26.0. The Labute approximate surface area is 200 Å². The normalized spacial score (nSPS) is 16.3. The number of amides is 1. The molecular formula is C23H34N4O6S. The minimum atomic E-state index is -3.33. The van der Waals surface area contributed by atoms with Crippen LogP contribution in [0.2, 0.25) is 0 Å². The van der Waals surface area contributed by atoms with Gasteiger partial charge in [0, 0.05) is 35.5 Å². The number of carbonyl (C=O) groups excluding carboxylic acids is 1. The summed E-state index contributed by atoms with van der Waals surface area (Å²) < 4.78 is 38.9. The summed E-state index contributed by atoms with van der Waals surface area (Å²) in [7, 11) is -1.98. The average molecular weight is 495 g/mol. The van der Waals surface area contributed by atoms with Gasteiger partial charge in [0.15, 0.2) is 0 Å². The summed E-state index contributed by atoms with van der Waals surface area (Å²) in [6.45, 7) is 7.52. The fourth-order valence-electron chi connectivity index (χ4n) is 4.01. The Morgan fingerprint density at radius 2 is 2.09 bits per heavy atom. The molecule has 34 heavy (non-hydrogen) atoms. The Kier molecular flexibility index (Phi) is 7.89. The van der Waals surface area contributed by atoms with E-state index >= 15 is 0 Å². The molecule has 188 valence electrons. The number of anilines is 1. The van der Waals surface area contributed by atoms with Gasteiger partial charge in [-0.1, -0.05) is 0 Å². The smallest absolute Gasteiger partial charge is 0.414 e. The minimum absolute atomic E-state index is 0.00858. The number of benzene rings is 1. The lowest BCUT2D eigenvalue weighted by molar-refractivity contribution is 0.0577. The summed E-state index contributed by atoms with van der Waals surface area (Å²) in [5.41, 5.74) is 2.21. The van der Waals surface area contributed by atoms with Crippen LogP contribution in [0.3, 0.4) is 0 Å². The number of hydrogen-bond acceptors (Lipinski definition) is 7. The molecular weight excluding hydrogens is 460 g/mol. The quantitative estimate of drug-likeness (QED) is 0.514. The number of nitrogens with zero attached hydrogens (tertiary/aromatic N) is 3. The molecule has 0 spiro atoms. The van der Waals surface area contributed by atoms with Crippen molar-refractivity contribution in [2.24, 2.45) is 0 Å². The van der Waals surface area contributed by atoms with E-state index in [-0.39, 0.29) is 24.9 Å². The third kappa shape index (κ3) is 6.08. The molecule has 2 N–H and O–H groups in total. The van der Waals surface area contributed by atoms with E-state index in [1.165, 1.54) is 7.11 Å². The Hall–Kier alpha value is -2.63. The summed E-state index contributed by atoms with van der Waals surface area (Å²) in [5.74, 6) is 0.572. The van der Waals surface area contributed by atoms with E-state index in [9.17, 15) is 18.3 Å². The second kappa shape index (κ2) is 10.3. The van der Waals surface area contributed by atoms with Crippen LogP contribution >= 0.6 is 0 Å². The maximum atomic E-state index is 12.5. The van der Waals surface area contributed by atoms with Gasteiger partial charge in [-0.25, -0.2) is 17.9 Å². The molecule has 2 aromatic rings. The SMILES string of the molecule is CCS(=O)(=O)NCCOc1c(-c2cnn(CC(C)(C)O)c2)ccc2c1CC[C@H](C)N2C(=O)OC. The van der Waals surface area contributed by atoms with Crippen LogP contribution in [-0.2, 0) is 27.7 Å². The van der Waals surface area contributed by atoms with Gasteiger partial charge in [0.05, 0.1) is 36.9 Å². The van der Waals surface area contributed by atoms with Gasteiger partial charge < -0.3 is 14.6 Å². The Morgan fingerprint density at radius 1 is 1.35 bits per heavy atom. The zero-order valence-corrected chi connectivity index (χ0v) is 21.2. The first-order valence-electron chi connectivity index (χ1n) is 11.3. The number of sulfonamides is 1. The third-order valence-corrected chi connectivity index (χ3v) is 7.07. The van der Waals surface area contributed by atoms with Crippen molar-refractivity contribution in [3.63, 3.8) is 0 Å². The Bertz CT molecular complexity index is 1120. The highest BCUT2D eigenvalue weighted by atomic mass is 32.2. The number of methoxy groups -OCH3 is 1. The van der Waals surface area contributed by atoms with E-state index in [1.807, 2.05) is 25.3 Å². The number of aromatic nitrogens is 2. The number of aliphatic hydroxyl groups is 1. The molecule has 0 radical (unpaired) electrons. The number of hydrogen-bond donors (Lipinski definition) is 2. The Balaban J connectivity index is 1.99. The molecule has 1 aromatic carbocycles. The predicted octanol–water partition coefficient (Wildman–Crippen LogP) is 2.55. The molecule has 1 atom stereocenters. The van der Waals surface area contributed by atoms with Gasteiger partial charge in [0.1, 0.15) is 12.4 Å². The van der Waals surface area contributed by atoms with Gasteiger partial charge in [-0.05, 0) is 52.7 Å². The molecule has 3 rings (SSSR count). The van der Waals surface area contributed by atoms with Gasteiger partial charge in [-0.15, -0.1) is 0 Å². The molecule has 0 saturated heterocycles. The van der Waals surface area contributed by atoms with Crippen LogP contribution in [-0.4, -0.2) is 67.1 Å². The van der Waals surface area contributed by atoms with E-state index in [2.05, 4.69) is 9.82 Å². The first-order chi connectivity index (χ1) is 16.0. The van der Waals surface area contributed by atoms with Crippen molar-refractivity contribution in [3.8, 4) is 16.9 Å². The maximum absolute atomic E-state index is 12.5. The van der Waals surface area contributed by atoms with Gasteiger partial charge in [0.25, 0.3) is 0 Å². The summed E-state index contributed by atoms with van der Waals surface area (Å²) in [5, 5.41) is 14.5. The Morgan fingerprint density at radius 3 is 2.74 bits per heavy atom. The molecule has 0 fully saturated rings. The van der Waals surface area contributed by atoms with Crippen LogP contribution in [0.5, 0.6) is 5.75 Å². The van der Waals surface area contributed by atoms with Crippen LogP contribution in [0.25, 0.3) is 11.1 Å². The second-order valence-electron chi connectivity index (χ2n) is 9.05. The highest BCUT2D eigenvalue weighted by Crippen LogP contribution is 2.43. The van der Waals surface area contributed by atoms with Crippen molar-refractivity contribution in [2.75, 3.05) is 30.9 Å². The van der Waals surface area contributed by atoms with Crippen LogP contribution in [0.15, 0.2) is 24.5 Å². The van der Waals surface area contributed by atoms with Gasteiger partial charge >= 0.3 is 6.09 Å². The van der Waals surface area contributed by atoms with E-state index in [1.54, 1.807) is 36.5 Å². The molecule has 1 aliphatic rings. The lowest BCUT2D eigenvalue weighted by atomic mass is 9.92. The summed E-state index contributed by atoms with van der Waals surface area (Å²) >= 11 is 0. The standard InChI is InChI=1S/C23H34N4O6S/c1-6-34(30,31)25-11-12-33-21-18(17-13-24-26(14-17)15-23(3,4)29)9-10-20-19(21)8-7-16(2)27(20)22(28)32-5/h9-10,13-14,16,25,29H,6-8,11-12,15H2,1-5H3/t16-/m0/s1. The fraction of sp³-hybridized carbons (Fsp3) is 0.565. The zero-order valence-electron chi connectivity index (χ0n) is 20.4. The number of nitrogens with one attached hydrogen (secondary N) is 1. The highest BCUT2D eigenvalue weighted by Gasteiger charge is 2.32.